The zero-order valence-corrected chi connectivity index (χ0v) is 23.9. The molecule has 1 unspecified atom stereocenters. The summed E-state index contributed by atoms with van der Waals surface area (Å²) in [4.78, 5) is 5.35. The number of aromatic nitrogens is 2. The number of nitrogens with zero attached hydrogens (tertiary/aromatic N) is 3. The zero-order chi connectivity index (χ0) is 29.0. The van der Waals surface area contributed by atoms with Crippen LogP contribution in [0.5, 0.6) is 0 Å². The van der Waals surface area contributed by atoms with E-state index in [4.69, 9.17) is 4.99 Å². The molecular formula is C40H28N4. The first-order valence-electron chi connectivity index (χ1n) is 15.0. The average molecular weight is 565 g/mol. The maximum Gasteiger partial charge on any atom is 0.209 e. The van der Waals surface area contributed by atoms with Gasteiger partial charge in [-0.15, -0.1) is 0 Å². The highest BCUT2D eigenvalue weighted by Crippen LogP contribution is 2.41. The molecule has 4 nitrogen and oxygen atoms in total. The van der Waals surface area contributed by atoms with Crippen molar-refractivity contribution in [3.63, 3.8) is 0 Å². The van der Waals surface area contributed by atoms with Gasteiger partial charge in [-0.25, -0.2) is 4.99 Å². The number of nitrogens with one attached hydrogen (secondary N) is 1. The molecule has 0 fully saturated rings. The van der Waals surface area contributed by atoms with Gasteiger partial charge in [-0.05, 0) is 35.9 Å². The molecule has 9 rings (SSSR count). The molecule has 0 saturated heterocycles. The lowest BCUT2D eigenvalue weighted by atomic mass is 10.0. The van der Waals surface area contributed by atoms with Crippen molar-refractivity contribution in [3.8, 4) is 5.69 Å². The van der Waals surface area contributed by atoms with Crippen LogP contribution in [-0.4, -0.2) is 15.1 Å². The molecule has 1 N–H and O–H groups in total. The van der Waals surface area contributed by atoms with Crippen molar-refractivity contribution in [2.24, 2.45) is 4.99 Å². The monoisotopic (exact) mass is 564 g/mol. The molecule has 1 aliphatic rings. The maximum absolute atomic E-state index is 5.35. The van der Waals surface area contributed by atoms with Crippen molar-refractivity contribution < 1.29 is 0 Å². The third-order valence-electron chi connectivity index (χ3n) is 8.76. The Kier molecular flexibility index (Phi) is 5.53. The van der Waals surface area contributed by atoms with Gasteiger partial charge in [0.25, 0.3) is 0 Å². The number of para-hydroxylation sites is 3. The number of hydrogen-bond acceptors (Lipinski definition) is 2. The van der Waals surface area contributed by atoms with Gasteiger partial charge in [0.2, 0.25) is 5.96 Å². The highest BCUT2D eigenvalue weighted by atomic mass is 15.2. The third kappa shape index (κ3) is 3.74. The van der Waals surface area contributed by atoms with E-state index in [0.29, 0.717) is 0 Å². The summed E-state index contributed by atoms with van der Waals surface area (Å²) in [5, 5.41) is 8.69. The summed E-state index contributed by atoms with van der Waals surface area (Å²) in [5.74, 6) is 0.809. The molecule has 0 saturated carbocycles. The summed E-state index contributed by atoms with van der Waals surface area (Å²) in [5.41, 5.74) is 8.98. The van der Waals surface area contributed by atoms with Gasteiger partial charge in [-0.2, -0.15) is 0 Å². The second-order valence-electron chi connectivity index (χ2n) is 11.3. The van der Waals surface area contributed by atoms with Crippen molar-refractivity contribution in [2.45, 2.75) is 6.04 Å². The van der Waals surface area contributed by atoms with Crippen LogP contribution in [0.4, 0.5) is 0 Å². The molecule has 3 heterocycles. The minimum absolute atomic E-state index is 0.0469. The number of aliphatic imine (C=N–C) groups is 1. The van der Waals surface area contributed by atoms with Gasteiger partial charge in [-0.3, -0.25) is 4.57 Å². The molecule has 208 valence electrons. The average Bonchev–Trinajstić information content (AvgIpc) is 3.62. The second-order valence-corrected chi connectivity index (χ2v) is 11.3. The molecular weight excluding hydrogens is 536 g/mol. The lowest BCUT2D eigenvalue weighted by molar-refractivity contribution is 0.760. The molecule has 44 heavy (non-hydrogen) atoms. The number of rotatable bonds is 3. The zero-order valence-electron chi connectivity index (χ0n) is 23.9. The molecule has 0 aliphatic carbocycles. The van der Waals surface area contributed by atoms with E-state index < -0.39 is 0 Å². The number of fused-ring (bicyclic) bond motifs is 7. The minimum Gasteiger partial charge on any atom is -0.345 e. The fourth-order valence-electron chi connectivity index (χ4n) is 6.81. The standard InChI is InChI=1S/C40H28N4/c1-4-14-27(15-5-1)34-26-35(28-16-6-2-7-17-28)42-40(41-34)44-37-23-13-11-21-31(37)33-25-24-32-30-20-10-12-22-36(30)43(38(32)39(33)44)29-18-8-3-9-19-29/h1-26,34H,(H,41,42). The Morgan fingerprint density at radius 1 is 0.477 bits per heavy atom. The van der Waals surface area contributed by atoms with Gasteiger partial charge in [0.05, 0.1) is 33.8 Å². The fourth-order valence-corrected chi connectivity index (χ4v) is 6.81. The van der Waals surface area contributed by atoms with Crippen LogP contribution in [0.1, 0.15) is 17.2 Å². The van der Waals surface area contributed by atoms with Crippen molar-refractivity contribution in [1.82, 2.24) is 14.5 Å². The normalized spacial score (nSPS) is 15.0. The largest absolute Gasteiger partial charge is 0.345 e. The SMILES string of the molecule is C1=C(c2ccccc2)N=C(n2c3ccccc3c3ccc4c5ccccc5n(-c5ccccc5)c4c32)NC1c1ccccc1. The Morgan fingerprint density at radius 2 is 1.00 bits per heavy atom. The Bertz CT molecular complexity index is 2400. The van der Waals surface area contributed by atoms with Crippen LogP contribution in [0.2, 0.25) is 0 Å². The summed E-state index contributed by atoms with van der Waals surface area (Å²) >= 11 is 0. The van der Waals surface area contributed by atoms with Crippen LogP contribution in [0.3, 0.4) is 0 Å². The smallest absolute Gasteiger partial charge is 0.209 e. The predicted octanol–water partition coefficient (Wildman–Crippen LogP) is 9.48. The fraction of sp³-hybridized carbons (Fsp3) is 0.0250. The first kappa shape index (κ1) is 24.7. The Labute approximate surface area is 254 Å². The van der Waals surface area contributed by atoms with Crippen molar-refractivity contribution >= 4 is 55.3 Å². The summed E-state index contributed by atoms with van der Waals surface area (Å²) in [6, 6.07) is 53.7. The summed E-state index contributed by atoms with van der Waals surface area (Å²) in [6.07, 6.45) is 2.23. The number of hydrogen-bond donors (Lipinski definition) is 1. The van der Waals surface area contributed by atoms with Crippen LogP contribution in [0.25, 0.3) is 55.0 Å². The van der Waals surface area contributed by atoms with Gasteiger partial charge in [-0.1, -0.05) is 127 Å². The van der Waals surface area contributed by atoms with Gasteiger partial charge >= 0.3 is 0 Å². The molecule has 6 aromatic carbocycles. The Morgan fingerprint density at radius 3 is 1.66 bits per heavy atom. The van der Waals surface area contributed by atoms with Crippen molar-refractivity contribution in [2.75, 3.05) is 0 Å². The molecule has 1 atom stereocenters. The van der Waals surface area contributed by atoms with E-state index in [9.17, 15) is 0 Å². The quantitative estimate of drug-likeness (QED) is 0.228. The van der Waals surface area contributed by atoms with Crippen LogP contribution in [-0.2, 0) is 0 Å². The maximum atomic E-state index is 5.35. The minimum atomic E-state index is -0.0469. The first-order valence-corrected chi connectivity index (χ1v) is 15.0. The summed E-state index contributed by atoms with van der Waals surface area (Å²) in [6.45, 7) is 0. The lowest BCUT2D eigenvalue weighted by Gasteiger charge is -2.25. The van der Waals surface area contributed by atoms with E-state index in [1.807, 2.05) is 0 Å². The van der Waals surface area contributed by atoms with Gasteiger partial charge in [0, 0.05) is 32.8 Å². The highest BCUT2D eigenvalue weighted by molar-refractivity contribution is 6.26. The van der Waals surface area contributed by atoms with Crippen molar-refractivity contribution in [3.05, 3.63) is 169 Å². The van der Waals surface area contributed by atoms with Crippen LogP contribution >= 0.6 is 0 Å². The summed E-state index contributed by atoms with van der Waals surface area (Å²) < 4.78 is 4.76. The van der Waals surface area contributed by atoms with Crippen LogP contribution in [0.15, 0.2) is 163 Å². The van der Waals surface area contributed by atoms with Crippen LogP contribution in [0, 0.1) is 0 Å². The van der Waals surface area contributed by atoms with Gasteiger partial charge in [0.1, 0.15) is 0 Å². The molecule has 1 aliphatic heterocycles. The summed E-state index contributed by atoms with van der Waals surface area (Å²) in [7, 11) is 0. The van der Waals surface area contributed by atoms with E-state index in [1.165, 1.54) is 38.1 Å². The van der Waals surface area contributed by atoms with Crippen molar-refractivity contribution in [1.29, 1.82) is 0 Å². The van der Waals surface area contributed by atoms with Gasteiger partial charge < -0.3 is 9.88 Å². The number of benzene rings is 6. The molecule has 0 amide bonds. The van der Waals surface area contributed by atoms with E-state index in [-0.39, 0.29) is 6.04 Å². The van der Waals surface area contributed by atoms with Gasteiger partial charge in [0.15, 0.2) is 0 Å². The van der Waals surface area contributed by atoms with E-state index in [2.05, 4.69) is 172 Å². The van der Waals surface area contributed by atoms with Crippen LogP contribution < -0.4 is 5.32 Å². The molecule has 0 radical (unpaired) electrons. The Balaban J connectivity index is 1.42. The van der Waals surface area contributed by atoms with E-state index in [0.717, 1.165) is 33.9 Å². The third-order valence-corrected chi connectivity index (χ3v) is 8.76. The second kappa shape index (κ2) is 9.85. The molecule has 8 aromatic rings. The molecule has 0 spiro atoms. The highest BCUT2D eigenvalue weighted by Gasteiger charge is 2.26. The van der Waals surface area contributed by atoms with E-state index >= 15 is 0 Å². The topological polar surface area (TPSA) is 34.2 Å². The van der Waals surface area contributed by atoms with E-state index in [1.54, 1.807) is 0 Å². The first-order chi connectivity index (χ1) is 21.8. The lowest BCUT2D eigenvalue weighted by Crippen LogP contribution is -2.35. The molecule has 4 heteroatoms. The predicted molar refractivity (Wildman–Crippen MR) is 183 cm³/mol. The molecule has 2 aromatic heterocycles. The molecule has 0 bridgehead atoms. The Hall–Kier alpha value is -5.87.